The van der Waals surface area contributed by atoms with Gasteiger partial charge in [-0.3, -0.25) is 39.1 Å². The Morgan fingerprint density at radius 3 is 1.01 bits per heavy atom. The molecule has 19 rings (SSSR count). The summed E-state index contributed by atoms with van der Waals surface area (Å²) in [6, 6.07) is 77.3. The maximum absolute atomic E-state index is 10.0. The van der Waals surface area contributed by atoms with Crippen molar-refractivity contribution in [3.8, 4) is 0 Å². The molecule has 4 aliphatic rings. The quantitative estimate of drug-likeness (QED) is 0.0812. The zero-order valence-corrected chi connectivity index (χ0v) is 77.2. The number of fused-ring (bicyclic) bond motifs is 3. The molecule has 0 saturated carbocycles. The molecule has 0 spiro atoms. The maximum Gasteiger partial charge on any atom is 0.155 e. The van der Waals surface area contributed by atoms with E-state index in [4.69, 9.17) is 56.3 Å². The first-order valence-corrected chi connectivity index (χ1v) is 37.4. The number of carbonyl (C=O) groups excluding carboxylic acids is 4. The molecule has 0 atom stereocenters. The Balaban J connectivity index is 0.000000181. The number of hydrogen-bond donors (Lipinski definition) is 4. The molecule has 122 heavy (non-hydrogen) atoms. The third kappa shape index (κ3) is 24.4. The van der Waals surface area contributed by atoms with E-state index in [0.29, 0.717) is 23.3 Å². The molecule has 4 radical (unpaired) electrons. The Kier molecular flexibility index (Phi) is 34.4. The van der Waals surface area contributed by atoms with Crippen LogP contribution < -0.4 is 0 Å². The van der Waals surface area contributed by atoms with Crippen LogP contribution in [-0.4, -0.2) is 96.8 Å². The van der Waals surface area contributed by atoms with Gasteiger partial charge >= 0.3 is 0 Å². The Hall–Kier alpha value is -13.0. The summed E-state index contributed by atoms with van der Waals surface area (Å²) >= 11 is 0. The van der Waals surface area contributed by atoms with Crippen LogP contribution in [0.2, 0.25) is 0 Å². The minimum absolute atomic E-state index is 0. The second kappa shape index (κ2) is 44.3. The number of aliphatic hydroxyl groups excluding tert-OH is 4. The van der Waals surface area contributed by atoms with E-state index in [0.717, 1.165) is 155 Å². The monoisotopic (exact) mass is 2330 g/mol. The van der Waals surface area contributed by atoms with Crippen molar-refractivity contribution < 1.29 is 120 Å². The van der Waals surface area contributed by atoms with E-state index in [-0.39, 0.29) is 127 Å². The average molecular weight is 2330 g/mol. The fourth-order valence-corrected chi connectivity index (χ4v) is 13.0. The van der Waals surface area contributed by atoms with Gasteiger partial charge in [-0.2, -0.15) is 0 Å². The van der Waals surface area contributed by atoms with Crippen LogP contribution in [0.4, 0.5) is 45.5 Å². The van der Waals surface area contributed by atoms with Crippen molar-refractivity contribution in [3.05, 3.63) is 358 Å². The number of benzene rings is 11. The van der Waals surface area contributed by atoms with Gasteiger partial charge in [-0.15, -0.1) is 0 Å². The summed E-state index contributed by atoms with van der Waals surface area (Å²) in [5, 5.41) is 65.9. The van der Waals surface area contributed by atoms with Gasteiger partial charge in [0, 0.05) is 140 Å². The molecule has 0 saturated heterocycles. The molecule has 4 aromatic heterocycles. The minimum atomic E-state index is -0.125. The van der Waals surface area contributed by atoms with Crippen LogP contribution in [0.1, 0.15) is 89.6 Å². The van der Waals surface area contributed by atoms with Crippen LogP contribution in [-0.2, 0) is 99.6 Å². The zero-order chi connectivity index (χ0) is 83.5. The second-order valence-corrected chi connectivity index (χ2v) is 27.3. The molecule has 0 aliphatic carbocycles. The van der Waals surface area contributed by atoms with Crippen LogP contribution in [0.15, 0.2) is 323 Å². The summed E-state index contributed by atoms with van der Waals surface area (Å²) in [6.45, 7) is 15.3. The molecule has 8 heterocycles. The molecule has 11 aromatic carbocycles. The van der Waals surface area contributed by atoms with E-state index < -0.39 is 0 Å². The van der Waals surface area contributed by atoms with Gasteiger partial charge in [0.05, 0.1) is 68.2 Å². The number of amidine groups is 4. The van der Waals surface area contributed by atoms with Crippen molar-refractivity contribution >= 4 is 168 Å². The molecule has 622 valence electrons. The van der Waals surface area contributed by atoms with Crippen molar-refractivity contribution in [3.63, 3.8) is 0 Å². The molecular formula is C96H80Ir4N14O8-4. The first-order valence-electron chi connectivity index (χ1n) is 37.4. The Labute approximate surface area is 758 Å². The zero-order valence-electron chi connectivity index (χ0n) is 67.6. The fourth-order valence-electron chi connectivity index (χ4n) is 13.0. The minimum Gasteiger partial charge on any atom is -0.512 e. The summed E-state index contributed by atoms with van der Waals surface area (Å²) in [6.07, 6.45) is 11.7. The molecule has 0 amide bonds. The molecule has 4 N–H and O–H groups in total. The number of carbonyl (C=O) groups is 4. The van der Waals surface area contributed by atoms with E-state index in [2.05, 4.69) is 108 Å². The van der Waals surface area contributed by atoms with Gasteiger partial charge in [0.1, 0.15) is 0 Å². The van der Waals surface area contributed by atoms with Gasteiger partial charge in [0.2, 0.25) is 0 Å². The van der Waals surface area contributed by atoms with Crippen LogP contribution in [0, 0.1) is 13.8 Å². The summed E-state index contributed by atoms with van der Waals surface area (Å²) < 4.78 is 0. The van der Waals surface area contributed by atoms with Gasteiger partial charge in [0.15, 0.2) is 23.1 Å². The predicted molar refractivity (Wildman–Crippen MR) is 475 cm³/mol. The van der Waals surface area contributed by atoms with Gasteiger partial charge in [-0.1, -0.05) is 206 Å². The summed E-state index contributed by atoms with van der Waals surface area (Å²) in [5.74, 6) is 2.34. The van der Waals surface area contributed by atoms with Gasteiger partial charge in [0.25, 0.3) is 0 Å². The molecule has 0 unspecified atom stereocenters. The van der Waals surface area contributed by atoms with E-state index >= 15 is 0 Å². The third-order valence-corrected chi connectivity index (χ3v) is 17.7. The van der Waals surface area contributed by atoms with Gasteiger partial charge < -0.3 is 61.7 Å². The number of hydrogen-bond acceptors (Lipinski definition) is 18. The SMILES string of the molecule is CC(=O)C=C(C)O.CC(=O)C=C(C)O.CC(=O)C=C(C)O.CC(=O)C=C(C)O.Cc1nc2ccccc2nc1C1=Nc2cccc3cccc(c23)[N-]1.Cc1nccnc1C1=Nc2cccc3cccc(c23)[N-]1.[Ir].[Ir].[Ir].[Ir].c1ccc2c(C3=Nc4cccc5cccc(c45)[N-]3)nccc2c1.c1ccc2cc(C3=Nc4cccc5cccc(c45)[N-]3)ncc2c1. The number of aliphatic hydroxyl groups is 4. The molecular weight excluding hydrogens is 2250 g/mol. The number of aliphatic imine (C=N–C) groups is 4. The fraction of sp³-hybridized carbons (Fsp3) is 0.104. The van der Waals surface area contributed by atoms with E-state index in [1.54, 1.807) is 12.4 Å². The standard InChI is InChI=1S/C20H13N4.2C20H12N3.C16H11N4.4C5H8O2.4Ir/c1-12-19(22-15-9-3-2-8-14(15)21-12)20-23-16-10-4-6-13-7-5-11-17(24-20)18(13)16;1-2-8-15-13(5-1)11-12-21-19(15)20-22-16-9-3-6-14-7-4-10-17(23-20)18(14)16;1-2-6-15-12-21-18(11-14(15)5-1)20-22-16-9-3-7-13-8-4-10-17(23-20)19(13)16;1-10-15(18-9-8-17-10)16-19-12-6-2-4-11-5-3-7-13(20-16)14(11)12;4*1-4(6)3-5(2)7;;;;/h2-11H,1H3;2*1-12H;2-9H,1H3;4*3,6H,1-2H3;;;;/q4*-1;;;;;;;;. The Bertz CT molecular complexity index is 6550. The van der Waals surface area contributed by atoms with Crippen LogP contribution in [0.3, 0.4) is 0 Å². The van der Waals surface area contributed by atoms with E-state index in [9.17, 15) is 19.2 Å². The average Bonchev–Trinajstić information content (AvgIpc) is 0.777. The van der Waals surface area contributed by atoms with Crippen LogP contribution in [0.5, 0.6) is 0 Å². The van der Waals surface area contributed by atoms with Crippen molar-refractivity contribution in [2.24, 2.45) is 20.0 Å². The first kappa shape index (κ1) is 94.5. The smallest absolute Gasteiger partial charge is 0.155 e. The third-order valence-electron chi connectivity index (χ3n) is 17.7. The summed E-state index contributed by atoms with van der Waals surface area (Å²) in [4.78, 5) is 86.1. The van der Waals surface area contributed by atoms with Gasteiger partial charge in [-0.25, -0.2) is 9.97 Å². The molecule has 22 nitrogen and oxygen atoms in total. The molecule has 0 fully saturated rings. The van der Waals surface area contributed by atoms with Crippen LogP contribution in [0.25, 0.3) is 96.9 Å². The van der Waals surface area contributed by atoms with Gasteiger partial charge in [-0.05, 0) is 216 Å². The summed E-state index contributed by atoms with van der Waals surface area (Å²) in [5.41, 5.74) is 14.1. The molecule has 15 aromatic rings. The van der Waals surface area contributed by atoms with E-state index in [1.165, 1.54) is 79.7 Å². The molecule has 0 bridgehead atoms. The van der Waals surface area contributed by atoms with E-state index in [1.807, 2.05) is 184 Å². The Morgan fingerprint density at radius 1 is 0.295 bits per heavy atom. The van der Waals surface area contributed by atoms with Crippen molar-refractivity contribution in [2.45, 2.75) is 69.2 Å². The number of nitrogens with zero attached hydrogens (tertiary/aromatic N) is 14. The number of aromatic nitrogens is 6. The topological polar surface area (TPSA) is 332 Å². The molecule has 26 heteroatoms. The number of rotatable bonds is 8. The maximum atomic E-state index is 10.0. The predicted octanol–water partition coefficient (Wildman–Crippen LogP) is 24.3. The number of ketones is 4. The van der Waals surface area contributed by atoms with Crippen molar-refractivity contribution in [2.75, 3.05) is 0 Å². The molecule has 4 aliphatic heterocycles. The Morgan fingerprint density at radius 2 is 0.615 bits per heavy atom. The number of aryl methyl sites for hydroxylation is 2. The largest absolute Gasteiger partial charge is 0.512 e. The summed E-state index contributed by atoms with van der Waals surface area (Å²) in [7, 11) is 0. The normalized spacial score (nSPS) is 12.2. The second-order valence-electron chi connectivity index (χ2n) is 27.3. The van der Waals surface area contributed by atoms with Crippen LogP contribution >= 0.6 is 0 Å². The number of pyridine rings is 2. The van der Waals surface area contributed by atoms with Crippen molar-refractivity contribution in [1.82, 2.24) is 29.9 Å². The number of para-hydroxylation sites is 2. The number of allylic oxidation sites excluding steroid dienone is 8. The van der Waals surface area contributed by atoms with Crippen molar-refractivity contribution in [1.29, 1.82) is 0 Å². The first-order chi connectivity index (χ1) is 56.9.